The number of carbonyl (C=O) groups is 2. The van der Waals surface area contributed by atoms with Crippen LogP contribution in [-0.2, 0) is 0 Å². The van der Waals surface area contributed by atoms with E-state index < -0.39 is 5.97 Å². The van der Waals surface area contributed by atoms with Crippen LogP contribution in [0.5, 0.6) is 5.75 Å². The maximum atomic E-state index is 12.5. The van der Waals surface area contributed by atoms with Gasteiger partial charge in [-0.05, 0) is 44.0 Å². The third-order valence-electron chi connectivity index (χ3n) is 4.14. The van der Waals surface area contributed by atoms with Gasteiger partial charge in [0.15, 0.2) is 5.69 Å². The maximum Gasteiger partial charge on any atom is 0.335 e. The van der Waals surface area contributed by atoms with Crippen LogP contribution in [0.15, 0.2) is 24.3 Å². The largest absolute Gasteiger partial charge is 0.495 e. The summed E-state index contributed by atoms with van der Waals surface area (Å²) in [5, 5.41) is 16.2. The molecule has 2 N–H and O–H groups in total. The third-order valence-corrected chi connectivity index (χ3v) is 4.14. The summed E-state index contributed by atoms with van der Waals surface area (Å²) in [4.78, 5) is 23.5. The molecule has 0 aliphatic rings. The van der Waals surface area contributed by atoms with Crippen molar-refractivity contribution in [2.75, 3.05) is 12.4 Å². The molecule has 7 heteroatoms. The number of anilines is 1. The lowest BCUT2D eigenvalue weighted by atomic mass is 10.2. The lowest BCUT2D eigenvalue weighted by molar-refractivity contribution is 0.0696. The summed E-state index contributed by atoms with van der Waals surface area (Å²) in [7, 11) is 1.42. The van der Waals surface area contributed by atoms with Gasteiger partial charge in [-0.25, -0.2) is 4.79 Å². The monoisotopic (exact) mass is 345 g/mol. The fraction of sp³-hybridized carbons (Fsp3) is 0.389. The Balaban J connectivity index is 2.25. The first-order valence-corrected chi connectivity index (χ1v) is 8.20. The molecular weight excluding hydrogens is 322 g/mol. The number of aromatic carboxylic acids is 1. The van der Waals surface area contributed by atoms with Crippen LogP contribution in [0.1, 0.15) is 59.3 Å². The van der Waals surface area contributed by atoms with Crippen molar-refractivity contribution < 1.29 is 19.4 Å². The number of aromatic nitrogens is 2. The Morgan fingerprint density at radius 1 is 1.28 bits per heavy atom. The Bertz CT molecular complexity index is 779. The Morgan fingerprint density at radius 2 is 1.96 bits per heavy atom. The molecule has 1 heterocycles. The first kappa shape index (κ1) is 18.5. The number of ether oxygens (including phenoxy) is 1. The van der Waals surface area contributed by atoms with Gasteiger partial charge in [0.2, 0.25) is 0 Å². The number of rotatable bonds is 7. The summed E-state index contributed by atoms with van der Waals surface area (Å²) in [6.45, 7) is 6.10. The zero-order valence-electron chi connectivity index (χ0n) is 14.9. The van der Waals surface area contributed by atoms with Gasteiger partial charge in [0.1, 0.15) is 5.75 Å². The number of nitrogens with zero attached hydrogens (tertiary/aromatic N) is 2. The van der Waals surface area contributed by atoms with E-state index in [1.807, 2.05) is 11.6 Å². The van der Waals surface area contributed by atoms with Gasteiger partial charge in [0.05, 0.1) is 24.4 Å². The minimum Gasteiger partial charge on any atom is -0.495 e. The van der Waals surface area contributed by atoms with Crippen molar-refractivity contribution in [1.82, 2.24) is 9.78 Å². The fourth-order valence-electron chi connectivity index (χ4n) is 2.72. The van der Waals surface area contributed by atoms with Gasteiger partial charge in [-0.1, -0.05) is 13.8 Å². The van der Waals surface area contributed by atoms with E-state index in [1.165, 1.54) is 25.3 Å². The average molecular weight is 345 g/mol. The quantitative estimate of drug-likeness (QED) is 0.801. The second kappa shape index (κ2) is 7.83. The van der Waals surface area contributed by atoms with E-state index in [1.54, 1.807) is 6.07 Å². The number of hydrogen-bond donors (Lipinski definition) is 2. The molecule has 0 atom stereocenters. The van der Waals surface area contributed by atoms with Crippen LogP contribution in [0.25, 0.3) is 0 Å². The van der Waals surface area contributed by atoms with Crippen LogP contribution in [0.2, 0.25) is 0 Å². The van der Waals surface area contributed by atoms with Gasteiger partial charge in [0.25, 0.3) is 5.91 Å². The Kier molecular flexibility index (Phi) is 5.80. The minimum atomic E-state index is -1.06. The molecule has 2 aromatic rings. The average Bonchev–Trinajstić information content (AvgIpc) is 2.98. The summed E-state index contributed by atoms with van der Waals surface area (Å²) in [5.41, 5.74) is 1.72. The molecule has 0 spiro atoms. The number of aryl methyl sites for hydroxylation is 1. The minimum absolute atomic E-state index is 0.0868. The van der Waals surface area contributed by atoms with E-state index >= 15 is 0 Å². The van der Waals surface area contributed by atoms with E-state index in [-0.39, 0.29) is 23.3 Å². The van der Waals surface area contributed by atoms with Crippen molar-refractivity contribution in [3.05, 3.63) is 41.2 Å². The highest BCUT2D eigenvalue weighted by Crippen LogP contribution is 2.26. The Hall–Kier alpha value is -2.83. The standard InChI is InChI=1S/C18H23N3O4/c1-5-13(6-2)21-11(3)9-15(20-21)17(22)19-14-8-7-12(18(23)24)10-16(14)25-4/h7-10,13H,5-6H2,1-4H3,(H,19,22)(H,23,24). The molecule has 2 rings (SSSR count). The van der Waals surface area contributed by atoms with Crippen LogP contribution < -0.4 is 10.1 Å². The van der Waals surface area contributed by atoms with Gasteiger partial charge in [-0.3, -0.25) is 9.48 Å². The van der Waals surface area contributed by atoms with E-state index in [2.05, 4.69) is 24.3 Å². The van der Waals surface area contributed by atoms with Crippen LogP contribution in [0.4, 0.5) is 5.69 Å². The molecule has 7 nitrogen and oxygen atoms in total. The van der Waals surface area contributed by atoms with Crippen molar-refractivity contribution in [2.24, 2.45) is 0 Å². The number of benzene rings is 1. The van der Waals surface area contributed by atoms with Gasteiger partial charge in [-0.2, -0.15) is 5.10 Å². The molecule has 25 heavy (non-hydrogen) atoms. The van der Waals surface area contributed by atoms with Gasteiger partial charge < -0.3 is 15.2 Å². The van der Waals surface area contributed by atoms with E-state index in [0.717, 1.165) is 18.5 Å². The number of carbonyl (C=O) groups excluding carboxylic acids is 1. The number of carboxylic acids is 1. The number of amides is 1. The molecule has 0 unspecified atom stereocenters. The van der Waals surface area contributed by atoms with Crippen LogP contribution in [0, 0.1) is 6.92 Å². The third kappa shape index (κ3) is 3.99. The maximum absolute atomic E-state index is 12.5. The summed E-state index contributed by atoms with van der Waals surface area (Å²) < 4.78 is 7.05. The SMILES string of the molecule is CCC(CC)n1nc(C(=O)Nc2ccc(C(=O)O)cc2OC)cc1C. The van der Waals surface area contributed by atoms with E-state index in [9.17, 15) is 9.59 Å². The molecule has 1 aromatic carbocycles. The van der Waals surface area contributed by atoms with Crippen molar-refractivity contribution in [1.29, 1.82) is 0 Å². The Labute approximate surface area is 146 Å². The molecule has 0 aliphatic carbocycles. The van der Waals surface area contributed by atoms with Crippen LogP contribution in [0.3, 0.4) is 0 Å². The highest BCUT2D eigenvalue weighted by molar-refractivity contribution is 6.04. The van der Waals surface area contributed by atoms with Gasteiger partial charge >= 0.3 is 5.97 Å². The Morgan fingerprint density at radius 3 is 2.52 bits per heavy atom. The van der Waals surface area contributed by atoms with Crippen molar-refractivity contribution >= 4 is 17.6 Å². The van der Waals surface area contributed by atoms with Crippen molar-refractivity contribution in [2.45, 2.75) is 39.7 Å². The van der Waals surface area contributed by atoms with Crippen LogP contribution in [-0.4, -0.2) is 33.9 Å². The predicted octanol–water partition coefficient (Wildman–Crippen LogP) is 3.51. The number of hydrogen-bond acceptors (Lipinski definition) is 4. The number of nitrogens with one attached hydrogen (secondary N) is 1. The number of methoxy groups -OCH3 is 1. The highest BCUT2D eigenvalue weighted by atomic mass is 16.5. The molecule has 134 valence electrons. The normalized spacial score (nSPS) is 10.8. The van der Waals surface area contributed by atoms with E-state index in [4.69, 9.17) is 9.84 Å². The molecule has 0 saturated heterocycles. The molecule has 0 bridgehead atoms. The summed E-state index contributed by atoms with van der Waals surface area (Å²) in [5.74, 6) is -1.14. The second-order valence-electron chi connectivity index (χ2n) is 5.76. The summed E-state index contributed by atoms with van der Waals surface area (Å²) in [6.07, 6.45) is 1.87. The predicted molar refractivity (Wildman–Crippen MR) is 94.5 cm³/mol. The zero-order chi connectivity index (χ0) is 18.6. The zero-order valence-corrected chi connectivity index (χ0v) is 14.9. The van der Waals surface area contributed by atoms with E-state index in [0.29, 0.717) is 11.4 Å². The van der Waals surface area contributed by atoms with Crippen molar-refractivity contribution in [3.8, 4) is 5.75 Å². The number of carboxylic acid groups (broad SMARTS) is 1. The van der Waals surface area contributed by atoms with Gasteiger partial charge in [-0.15, -0.1) is 0 Å². The fourth-order valence-corrected chi connectivity index (χ4v) is 2.72. The van der Waals surface area contributed by atoms with Gasteiger partial charge in [0, 0.05) is 5.69 Å². The molecule has 0 fully saturated rings. The lowest BCUT2D eigenvalue weighted by Gasteiger charge is -2.14. The molecule has 0 aliphatic heterocycles. The lowest BCUT2D eigenvalue weighted by Crippen LogP contribution is -2.16. The molecule has 1 aromatic heterocycles. The van der Waals surface area contributed by atoms with Crippen molar-refractivity contribution in [3.63, 3.8) is 0 Å². The first-order valence-electron chi connectivity index (χ1n) is 8.20. The first-order chi connectivity index (χ1) is 11.9. The molecular formula is C18H23N3O4. The topological polar surface area (TPSA) is 93.5 Å². The smallest absolute Gasteiger partial charge is 0.335 e. The molecule has 0 saturated carbocycles. The summed E-state index contributed by atoms with van der Waals surface area (Å²) in [6, 6.07) is 6.28. The molecule has 0 radical (unpaired) electrons. The van der Waals surface area contributed by atoms with Crippen LogP contribution >= 0.6 is 0 Å². The summed E-state index contributed by atoms with van der Waals surface area (Å²) >= 11 is 0. The highest BCUT2D eigenvalue weighted by Gasteiger charge is 2.18. The molecule has 1 amide bonds. The second-order valence-corrected chi connectivity index (χ2v) is 5.76.